The van der Waals surface area contributed by atoms with Crippen molar-refractivity contribution in [1.29, 1.82) is 0 Å². The molecule has 1 amide bonds. The predicted molar refractivity (Wildman–Crippen MR) is 98.5 cm³/mol. The molecule has 0 bridgehead atoms. The number of rotatable bonds is 7. The molecule has 148 valence electrons. The van der Waals surface area contributed by atoms with E-state index in [2.05, 4.69) is 10.3 Å². The third kappa shape index (κ3) is 4.99. The van der Waals surface area contributed by atoms with Gasteiger partial charge >= 0.3 is 5.69 Å². The highest BCUT2D eigenvalue weighted by Gasteiger charge is 2.22. The number of aromatic amines is 2. The number of carbonyl (C=O) groups excluding carboxylic acids is 1. The largest absolute Gasteiger partial charge is 0.394 e. The van der Waals surface area contributed by atoms with Gasteiger partial charge < -0.3 is 20.5 Å². The maximum Gasteiger partial charge on any atom is 0.325 e. The second kappa shape index (κ2) is 8.88. The van der Waals surface area contributed by atoms with Gasteiger partial charge in [0.1, 0.15) is 6.10 Å². The minimum atomic E-state index is -1.32. The maximum absolute atomic E-state index is 12.1. The van der Waals surface area contributed by atoms with Crippen LogP contribution in [0.15, 0.2) is 39.9 Å². The van der Waals surface area contributed by atoms with Crippen LogP contribution in [-0.4, -0.2) is 43.7 Å². The zero-order valence-electron chi connectivity index (χ0n) is 14.7. The molecular weight excluding hydrogens is 372 g/mol. The van der Waals surface area contributed by atoms with Gasteiger partial charge in [0.05, 0.1) is 23.1 Å². The molecule has 2 atom stereocenters. The van der Waals surface area contributed by atoms with Gasteiger partial charge in [-0.05, 0) is 30.7 Å². The first-order chi connectivity index (χ1) is 13.2. The van der Waals surface area contributed by atoms with Gasteiger partial charge in [0.25, 0.3) is 11.2 Å². The topological polar surface area (TPSA) is 178 Å². The molecule has 0 spiro atoms. The van der Waals surface area contributed by atoms with Crippen LogP contribution in [0.2, 0.25) is 0 Å². The molecule has 0 saturated heterocycles. The Kier molecular flexibility index (Phi) is 6.58. The molecule has 1 heterocycles. The van der Waals surface area contributed by atoms with E-state index < -0.39 is 40.8 Å². The Morgan fingerprint density at radius 2 is 1.93 bits per heavy atom. The van der Waals surface area contributed by atoms with Gasteiger partial charge in [0.15, 0.2) is 0 Å². The van der Waals surface area contributed by atoms with E-state index in [1.807, 2.05) is 4.98 Å². The molecule has 1 aromatic heterocycles. The lowest BCUT2D eigenvalue weighted by atomic mass is 10.0. The van der Waals surface area contributed by atoms with E-state index in [1.54, 1.807) is 0 Å². The van der Waals surface area contributed by atoms with Crippen molar-refractivity contribution >= 4 is 17.7 Å². The number of aromatic nitrogens is 2. The molecular formula is C17H18N4O7. The van der Waals surface area contributed by atoms with Crippen molar-refractivity contribution in [1.82, 2.24) is 15.3 Å². The Bertz CT molecular complexity index is 1010. The average molecular weight is 390 g/mol. The number of nitro groups is 1. The first-order valence-electron chi connectivity index (χ1n) is 8.08. The summed E-state index contributed by atoms with van der Waals surface area (Å²) < 4.78 is 0. The Labute approximate surface area is 157 Å². The number of carbonyl (C=O) groups is 1. The van der Waals surface area contributed by atoms with Crippen LogP contribution in [0.5, 0.6) is 0 Å². The molecule has 2 rings (SSSR count). The normalized spacial score (nSPS) is 13.2. The number of H-pyrrole nitrogens is 2. The highest BCUT2D eigenvalue weighted by atomic mass is 16.6. The van der Waals surface area contributed by atoms with E-state index in [0.717, 1.165) is 6.08 Å². The fourth-order valence-electron chi connectivity index (χ4n) is 2.45. The molecule has 5 N–H and O–H groups in total. The minimum Gasteiger partial charge on any atom is -0.394 e. The van der Waals surface area contributed by atoms with Gasteiger partial charge in [-0.3, -0.25) is 24.7 Å². The van der Waals surface area contributed by atoms with Crippen LogP contribution in [0.3, 0.4) is 0 Å². The number of non-ortho nitro benzene ring substituents is 1. The summed E-state index contributed by atoms with van der Waals surface area (Å²) in [6, 6.07) is 3.93. The summed E-state index contributed by atoms with van der Waals surface area (Å²) in [6.07, 6.45) is 0.883. The minimum absolute atomic E-state index is 0.0752. The molecule has 0 aliphatic heterocycles. The zero-order chi connectivity index (χ0) is 20.8. The van der Waals surface area contributed by atoms with Crippen molar-refractivity contribution in [3.63, 3.8) is 0 Å². The second-order valence-electron chi connectivity index (χ2n) is 5.87. The zero-order valence-corrected chi connectivity index (χ0v) is 14.7. The number of benzene rings is 1. The van der Waals surface area contributed by atoms with Crippen LogP contribution in [-0.2, 0) is 4.79 Å². The van der Waals surface area contributed by atoms with Crippen molar-refractivity contribution in [2.75, 3.05) is 6.61 Å². The molecule has 0 aliphatic carbocycles. The monoisotopic (exact) mass is 390 g/mol. The van der Waals surface area contributed by atoms with Crippen LogP contribution in [0.4, 0.5) is 5.69 Å². The van der Waals surface area contributed by atoms with E-state index in [0.29, 0.717) is 0 Å². The second-order valence-corrected chi connectivity index (χ2v) is 5.87. The number of nitrogens with one attached hydrogen (secondary N) is 3. The van der Waals surface area contributed by atoms with Crippen molar-refractivity contribution < 1.29 is 19.9 Å². The molecule has 28 heavy (non-hydrogen) atoms. The first-order valence-corrected chi connectivity index (χ1v) is 8.08. The highest BCUT2D eigenvalue weighted by molar-refractivity contribution is 5.92. The highest BCUT2D eigenvalue weighted by Crippen LogP contribution is 2.20. The van der Waals surface area contributed by atoms with Gasteiger partial charge in [-0.1, -0.05) is 0 Å². The third-order valence-electron chi connectivity index (χ3n) is 3.93. The number of aryl methyl sites for hydroxylation is 1. The van der Waals surface area contributed by atoms with Crippen LogP contribution in [0.1, 0.15) is 22.9 Å². The predicted octanol–water partition coefficient (Wildman–Crippen LogP) is -0.496. The van der Waals surface area contributed by atoms with Crippen LogP contribution < -0.4 is 16.6 Å². The number of aliphatic hydroxyl groups is 2. The lowest BCUT2D eigenvalue weighted by molar-refractivity contribution is -0.384. The van der Waals surface area contributed by atoms with Gasteiger partial charge in [0, 0.05) is 23.9 Å². The van der Waals surface area contributed by atoms with Gasteiger partial charge in [-0.25, -0.2) is 4.79 Å². The SMILES string of the molecule is Cc1[nH]c(=O)[nH]c(=O)c1/C=C/C(=O)NC(CO)C(O)c1ccc([N+](=O)[O-])cc1. The smallest absolute Gasteiger partial charge is 0.325 e. The number of nitro benzene ring substituents is 1. The number of hydrogen-bond acceptors (Lipinski definition) is 7. The quantitative estimate of drug-likeness (QED) is 0.240. The van der Waals surface area contributed by atoms with Crippen molar-refractivity contribution in [3.8, 4) is 0 Å². The van der Waals surface area contributed by atoms with Gasteiger partial charge in [-0.2, -0.15) is 0 Å². The molecule has 0 aliphatic rings. The van der Waals surface area contributed by atoms with Crippen LogP contribution in [0.25, 0.3) is 6.08 Å². The summed E-state index contributed by atoms with van der Waals surface area (Å²) in [4.78, 5) is 49.4. The number of aliphatic hydroxyl groups excluding tert-OH is 2. The summed E-state index contributed by atoms with van der Waals surface area (Å²) in [5.41, 5.74) is -0.897. The van der Waals surface area contributed by atoms with E-state index in [4.69, 9.17) is 0 Å². The molecule has 0 saturated carbocycles. The van der Waals surface area contributed by atoms with E-state index in [1.165, 1.54) is 37.3 Å². The van der Waals surface area contributed by atoms with E-state index in [-0.39, 0.29) is 22.5 Å². The van der Waals surface area contributed by atoms with Gasteiger partial charge in [0.2, 0.25) is 5.91 Å². The fourth-order valence-corrected chi connectivity index (χ4v) is 2.45. The summed E-state index contributed by atoms with van der Waals surface area (Å²) in [6.45, 7) is 0.888. The fraction of sp³-hybridized carbons (Fsp3) is 0.235. The summed E-state index contributed by atoms with van der Waals surface area (Å²) in [7, 11) is 0. The average Bonchev–Trinajstić information content (AvgIpc) is 2.64. The Morgan fingerprint density at radius 1 is 1.29 bits per heavy atom. The Morgan fingerprint density at radius 3 is 2.46 bits per heavy atom. The van der Waals surface area contributed by atoms with Gasteiger partial charge in [-0.15, -0.1) is 0 Å². The molecule has 11 heteroatoms. The van der Waals surface area contributed by atoms with E-state index >= 15 is 0 Å². The standard InChI is InChI=1S/C17H18N4O7/c1-9-12(16(25)20-17(26)18-9)6-7-14(23)19-13(8-22)15(24)10-2-4-11(5-3-10)21(27)28/h2-7,13,15,22,24H,8H2,1H3,(H,19,23)(H2,18,20,25,26)/b7-6+. The Balaban J connectivity index is 2.11. The van der Waals surface area contributed by atoms with E-state index in [9.17, 15) is 34.7 Å². The Hall–Kier alpha value is -3.57. The molecule has 2 aromatic rings. The van der Waals surface area contributed by atoms with Crippen molar-refractivity contribution in [2.24, 2.45) is 0 Å². The van der Waals surface area contributed by atoms with Crippen molar-refractivity contribution in [2.45, 2.75) is 19.1 Å². The van der Waals surface area contributed by atoms with Crippen LogP contribution in [0, 0.1) is 17.0 Å². The summed E-state index contributed by atoms with van der Waals surface area (Å²) in [5, 5.41) is 32.8. The number of nitrogens with zero attached hydrogens (tertiary/aromatic N) is 1. The molecule has 0 radical (unpaired) electrons. The summed E-state index contributed by atoms with van der Waals surface area (Å²) >= 11 is 0. The summed E-state index contributed by atoms with van der Waals surface area (Å²) in [5.74, 6) is -0.704. The van der Waals surface area contributed by atoms with Crippen LogP contribution >= 0.6 is 0 Å². The molecule has 11 nitrogen and oxygen atoms in total. The lowest BCUT2D eigenvalue weighted by Crippen LogP contribution is -2.41. The third-order valence-corrected chi connectivity index (χ3v) is 3.93. The van der Waals surface area contributed by atoms with Crippen molar-refractivity contribution in [3.05, 3.63) is 78.1 Å². The maximum atomic E-state index is 12.1. The molecule has 0 fully saturated rings. The molecule has 2 unspecified atom stereocenters. The number of amides is 1. The lowest BCUT2D eigenvalue weighted by Gasteiger charge is -2.21. The first kappa shape index (κ1) is 20.7. The molecule has 1 aromatic carbocycles. The number of hydrogen-bond donors (Lipinski definition) is 5.